The van der Waals surface area contributed by atoms with Gasteiger partial charge < -0.3 is 15.7 Å². The molecule has 21 heavy (non-hydrogen) atoms. The van der Waals surface area contributed by atoms with Crippen molar-refractivity contribution in [2.75, 3.05) is 37.8 Å². The van der Waals surface area contributed by atoms with Gasteiger partial charge in [-0.1, -0.05) is 13.0 Å². The molecule has 0 aromatic heterocycles. The van der Waals surface area contributed by atoms with Crippen molar-refractivity contribution in [2.45, 2.75) is 24.3 Å². The van der Waals surface area contributed by atoms with Crippen LogP contribution in [0.25, 0.3) is 0 Å². The van der Waals surface area contributed by atoms with Gasteiger partial charge in [0.15, 0.2) is 0 Å². The van der Waals surface area contributed by atoms with Crippen LogP contribution in [0, 0.1) is 5.92 Å². The van der Waals surface area contributed by atoms with E-state index in [1.807, 2.05) is 11.8 Å². The van der Waals surface area contributed by atoms with Crippen molar-refractivity contribution in [3.63, 3.8) is 0 Å². The van der Waals surface area contributed by atoms with Crippen molar-refractivity contribution in [2.24, 2.45) is 5.92 Å². The van der Waals surface area contributed by atoms with Crippen molar-refractivity contribution in [3.8, 4) is 0 Å². The summed E-state index contributed by atoms with van der Waals surface area (Å²) in [6, 6.07) is 5.00. The number of aliphatic hydroxyl groups excluding tert-OH is 1. The van der Waals surface area contributed by atoms with Gasteiger partial charge in [0, 0.05) is 27.2 Å². The van der Waals surface area contributed by atoms with Crippen LogP contribution in [0.15, 0.2) is 23.1 Å². The number of rotatable bonds is 3. The second kappa shape index (κ2) is 5.82. The predicted molar refractivity (Wildman–Crippen MR) is 83.7 cm³/mol. The summed E-state index contributed by atoms with van der Waals surface area (Å²) in [5.41, 5.74) is 7.00. The van der Waals surface area contributed by atoms with Gasteiger partial charge in [-0.25, -0.2) is 12.7 Å². The summed E-state index contributed by atoms with van der Waals surface area (Å²) in [7, 11) is -0.614. The molecule has 0 radical (unpaired) electrons. The first-order valence-corrected chi connectivity index (χ1v) is 8.43. The lowest BCUT2D eigenvalue weighted by Crippen LogP contribution is -2.43. The maximum atomic E-state index is 12.3. The van der Waals surface area contributed by atoms with E-state index in [0.29, 0.717) is 12.2 Å². The van der Waals surface area contributed by atoms with Crippen molar-refractivity contribution in [3.05, 3.63) is 18.2 Å². The van der Waals surface area contributed by atoms with E-state index in [4.69, 9.17) is 5.73 Å². The zero-order chi connectivity index (χ0) is 15.8. The number of para-hydroxylation sites is 1. The summed E-state index contributed by atoms with van der Waals surface area (Å²) in [5.74, 6) is 0.246. The van der Waals surface area contributed by atoms with Crippen LogP contribution in [-0.2, 0) is 10.0 Å². The van der Waals surface area contributed by atoms with Gasteiger partial charge in [-0.3, -0.25) is 0 Å². The topological polar surface area (TPSA) is 86.9 Å². The lowest BCUT2D eigenvalue weighted by molar-refractivity contribution is 0.103. The third kappa shape index (κ3) is 3.00. The summed E-state index contributed by atoms with van der Waals surface area (Å²) >= 11 is 0. The molecular formula is C14H23N3O3S. The Hall–Kier alpha value is -1.31. The minimum Gasteiger partial charge on any atom is -0.396 e. The first-order valence-electron chi connectivity index (χ1n) is 6.99. The van der Waals surface area contributed by atoms with Crippen LogP contribution in [-0.4, -0.2) is 51.1 Å². The molecule has 1 aromatic rings. The monoisotopic (exact) mass is 313 g/mol. The van der Waals surface area contributed by atoms with E-state index in [-0.39, 0.29) is 16.5 Å². The van der Waals surface area contributed by atoms with E-state index in [2.05, 4.69) is 0 Å². The second-order valence-electron chi connectivity index (χ2n) is 5.76. The first-order chi connectivity index (χ1) is 9.75. The minimum atomic E-state index is -3.57. The van der Waals surface area contributed by atoms with Gasteiger partial charge in [0.25, 0.3) is 0 Å². The maximum absolute atomic E-state index is 12.3. The molecule has 6 nitrogen and oxygen atoms in total. The smallest absolute Gasteiger partial charge is 0.244 e. The highest BCUT2D eigenvalue weighted by Gasteiger charge is 2.28. The molecule has 1 aliphatic heterocycles. The summed E-state index contributed by atoms with van der Waals surface area (Å²) in [4.78, 5) is 2.06. The van der Waals surface area contributed by atoms with E-state index >= 15 is 0 Å². The van der Waals surface area contributed by atoms with Crippen LogP contribution in [0.5, 0.6) is 0 Å². The van der Waals surface area contributed by atoms with Crippen molar-refractivity contribution in [1.82, 2.24) is 4.31 Å². The van der Waals surface area contributed by atoms with Crippen LogP contribution < -0.4 is 10.6 Å². The van der Waals surface area contributed by atoms with Crippen LogP contribution in [0.1, 0.15) is 13.3 Å². The number of hydrogen-bond donors (Lipinski definition) is 2. The molecule has 2 unspecified atom stereocenters. The quantitative estimate of drug-likeness (QED) is 0.803. The summed E-state index contributed by atoms with van der Waals surface area (Å²) in [6.45, 7) is 3.24. The Bertz CT molecular complexity index is 616. The van der Waals surface area contributed by atoms with Crippen LogP contribution in [0.3, 0.4) is 0 Å². The Kier molecular flexibility index (Phi) is 4.46. The molecule has 2 atom stereocenters. The maximum Gasteiger partial charge on any atom is 0.244 e. The molecule has 1 aliphatic rings. The van der Waals surface area contributed by atoms with E-state index in [9.17, 15) is 13.5 Å². The van der Waals surface area contributed by atoms with E-state index < -0.39 is 16.1 Å². The van der Waals surface area contributed by atoms with Gasteiger partial charge in [-0.05, 0) is 24.5 Å². The SMILES string of the molecule is CC1CCN(c2cccc(S(=O)(=O)N(C)C)c2N)CC1O. The molecule has 0 aliphatic carbocycles. The normalized spacial score (nSPS) is 23.6. The summed E-state index contributed by atoms with van der Waals surface area (Å²) < 4.78 is 25.7. The third-order valence-electron chi connectivity index (χ3n) is 4.06. The highest BCUT2D eigenvalue weighted by Crippen LogP contribution is 2.33. The highest BCUT2D eigenvalue weighted by atomic mass is 32.2. The number of nitrogens with two attached hydrogens (primary N) is 1. The average Bonchev–Trinajstić information content (AvgIpc) is 2.42. The molecule has 1 aromatic carbocycles. The molecule has 0 saturated carbocycles. The third-order valence-corrected chi connectivity index (χ3v) is 5.93. The second-order valence-corrected chi connectivity index (χ2v) is 7.88. The Morgan fingerprint density at radius 2 is 2.05 bits per heavy atom. The Balaban J connectivity index is 2.39. The number of β-amino-alcohol motifs (C(OH)–C–C–N with tert-alkyl or cyclic N) is 1. The first kappa shape index (κ1) is 16.1. The van der Waals surface area contributed by atoms with E-state index in [1.54, 1.807) is 12.1 Å². The summed E-state index contributed by atoms with van der Waals surface area (Å²) in [5, 5.41) is 10.0. The fourth-order valence-corrected chi connectivity index (χ4v) is 3.52. The molecule has 118 valence electrons. The van der Waals surface area contributed by atoms with Crippen LogP contribution >= 0.6 is 0 Å². The predicted octanol–water partition coefficient (Wildman–Crippen LogP) is 0.726. The fourth-order valence-electron chi connectivity index (χ4n) is 2.50. The van der Waals surface area contributed by atoms with Gasteiger partial charge in [0.2, 0.25) is 10.0 Å². The minimum absolute atomic E-state index is 0.109. The molecule has 2 rings (SSSR count). The van der Waals surface area contributed by atoms with Gasteiger partial charge in [-0.2, -0.15) is 0 Å². The number of nitrogens with zero attached hydrogens (tertiary/aromatic N) is 2. The number of sulfonamides is 1. The van der Waals surface area contributed by atoms with Crippen molar-refractivity contribution >= 4 is 21.4 Å². The summed E-state index contributed by atoms with van der Waals surface area (Å²) in [6.07, 6.45) is 0.429. The lowest BCUT2D eigenvalue weighted by Gasteiger charge is -2.36. The van der Waals surface area contributed by atoms with Crippen molar-refractivity contribution < 1.29 is 13.5 Å². The standard InChI is InChI=1S/C14H23N3O3S/c1-10-7-8-17(9-12(10)18)11-5-4-6-13(14(11)15)21(19,20)16(2)3/h4-6,10,12,18H,7-9,15H2,1-3H3. The average molecular weight is 313 g/mol. The molecule has 0 amide bonds. The fraction of sp³-hybridized carbons (Fsp3) is 0.571. The van der Waals surface area contributed by atoms with Gasteiger partial charge in [-0.15, -0.1) is 0 Å². The highest BCUT2D eigenvalue weighted by molar-refractivity contribution is 7.89. The van der Waals surface area contributed by atoms with Gasteiger partial charge in [0.05, 0.1) is 17.5 Å². The number of piperidine rings is 1. The Morgan fingerprint density at radius 1 is 1.38 bits per heavy atom. The van der Waals surface area contributed by atoms with Crippen LogP contribution in [0.2, 0.25) is 0 Å². The molecule has 1 heterocycles. The molecular weight excluding hydrogens is 290 g/mol. The number of hydrogen-bond acceptors (Lipinski definition) is 5. The van der Waals surface area contributed by atoms with Gasteiger partial charge in [0.1, 0.15) is 4.90 Å². The number of aliphatic hydroxyl groups is 1. The van der Waals surface area contributed by atoms with Crippen molar-refractivity contribution in [1.29, 1.82) is 0 Å². The van der Waals surface area contributed by atoms with E-state index in [0.717, 1.165) is 17.3 Å². The number of anilines is 2. The zero-order valence-electron chi connectivity index (χ0n) is 12.7. The molecule has 0 spiro atoms. The molecule has 1 saturated heterocycles. The van der Waals surface area contributed by atoms with E-state index in [1.165, 1.54) is 20.2 Å². The Morgan fingerprint density at radius 3 is 2.62 bits per heavy atom. The largest absolute Gasteiger partial charge is 0.396 e. The number of benzene rings is 1. The molecule has 7 heteroatoms. The molecule has 3 N–H and O–H groups in total. The van der Waals surface area contributed by atoms with Crippen LogP contribution in [0.4, 0.5) is 11.4 Å². The Labute approximate surface area is 126 Å². The number of nitrogen functional groups attached to an aromatic ring is 1. The van der Waals surface area contributed by atoms with Gasteiger partial charge >= 0.3 is 0 Å². The molecule has 0 bridgehead atoms. The molecule has 1 fully saturated rings. The zero-order valence-corrected chi connectivity index (χ0v) is 13.5. The lowest BCUT2D eigenvalue weighted by atomic mass is 9.95.